The van der Waals surface area contributed by atoms with Crippen molar-refractivity contribution in [3.05, 3.63) is 53.3 Å². The maximum absolute atomic E-state index is 13.6. The van der Waals surface area contributed by atoms with Crippen molar-refractivity contribution < 1.29 is 9.13 Å². The largest absolute Gasteiger partial charge is 0.497 e. The fourth-order valence-electron chi connectivity index (χ4n) is 1.98. The molecule has 0 fully saturated rings. The van der Waals surface area contributed by atoms with Crippen molar-refractivity contribution in [1.82, 2.24) is 0 Å². The summed E-state index contributed by atoms with van der Waals surface area (Å²) in [6.45, 7) is 3.71. The molecule has 0 saturated heterocycles. The van der Waals surface area contributed by atoms with Crippen LogP contribution in [0.1, 0.15) is 24.1 Å². The normalized spacial score (nSPS) is 12.0. The Morgan fingerprint density at radius 1 is 1.20 bits per heavy atom. The third-order valence-electron chi connectivity index (χ3n) is 3.33. The van der Waals surface area contributed by atoms with Gasteiger partial charge in [-0.2, -0.15) is 0 Å². The molecule has 2 aromatic carbocycles. The Kier molecular flexibility index (Phi) is 4.13. The maximum Gasteiger partial charge on any atom is 0.126 e. The second kappa shape index (κ2) is 5.82. The predicted octanol–water partition coefficient (Wildman–Crippen LogP) is 3.90. The van der Waals surface area contributed by atoms with Crippen molar-refractivity contribution in [2.75, 3.05) is 18.2 Å². The van der Waals surface area contributed by atoms with Crippen molar-refractivity contribution in [2.24, 2.45) is 0 Å². The summed E-state index contributed by atoms with van der Waals surface area (Å²) in [6, 6.07) is 10.6. The number of hydrogen-bond acceptors (Lipinski definition) is 3. The van der Waals surface area contributed by atoms with Crippen molar-refractivity contribution in [3.8, 4) is 5.75 Å². The molecule has 20 heavy (non-hydrogen) atoms. The third-order valence-corrected chi connectivity index (χ3v) is 3.33. The van der Waals surface area contributed by atoms with E-state index in [2.05, 4.69) is 5.32 Å². The van der Waals surface area contributed by atoms with E-state index in [1.807, 2.05) is 19.1 Å². The first-order valence-corrected chi connectivity index (χ1v) is 6.47. The average Bonchev–Trinajstić information content (AvgIpc) is 2.44. The van der Waals surface area contributed by atoms with E-state index in [0.29, 0.717) is 11.3 Å². The van der Waals surface area contributed by atoms with Crippen LogP contribution < -0.4 is 15.8 Å². The second-order valence-corrected chi connectivity index (χ2v) is 4.83. The SMILES string of the molecule is COc1ccc(N)c(NC(C)c2ccc(C)c(F)c2)c1. The molecule has 3 nitrogen and oxygen atoms in total. The first-order valence-electron chi connectivity index (χ1n) is 6.47. The summed E-state index contributed by atoms with van der Waals surface area (Å²) in [6.07, 6.45) is 0. The molecule has 0 aliphatic carbocycles. The summed E-state index contributed by atoms with van der Waals surface area (Å²) < 4.78 is 18.8. The number of nitrogen functional groups attached to an aromatic ring is 1. The minimum atomic E-state index is -0.199. The number of nitrogens with one attached hydrogen (secondary N) is 1. The zero-order valence-corrected chi connectivity index (χ0v) is 11.9. The fraction of sp³-hybridized carbons (Fsp3) is 0.250. The molecule has 0 bridgehead atoms. The van der Waals surface area contributed by atoms with E-state index in [4.69, 9.17) is 10.5 Å². The molecule has 0 aliphatic heterocycles. The summed E-state index contributed by atoms with van der Waals surface area (Å²) in [5.41, 5.74) is 8.85. The molecule has 106 valence electrons. The molecule has 0 radical (unpaired) electrons. The monoisotopic (exact) mass is 274 g/mol. The van der Waals surface area contributed by atoms with Gasteiger partial charge in [0.2, 0.25) is 0 Å². The zero-order valence-electron chi connectivity index (χ0n) is 11.9. The lowest BCUT2D eigenvalue weighted by Crippen LogP contribution is -2.09. The number of nitrogens with two attached hydrogens (primary N) is 1. The number of rotatable bonds is 4. The summed E-state index contributed by atoms with van der Waals surface area (Å²) in [5, 5.41) is 3.28. The highest BCUT2D eigenvalue weighted by atomic mass is 19.1. The van der Waals surface area contributed by atoms with E-state index in [1.165, 1.54) is 0 Å². The number of anilines is 2. The summed E-state index contributed by atoms with van der Waals surface area (Å²) >= 11 is 0. The molecule has 0 aliphatic rings. The molecule has 2 aromatic rings. The number of hydrogen-bond donors (Lipinski definition) is 2. The Morgan fingerprint density at radius 3 is 2.60 bits per heavy atom. The van der Waals surface area contributed by atoms with Gasteiger partial charge >= 0.3 is 0 Å². The molecule has 2 rings (SSSR count). The van der Waals surface area contributed by atoms with Gasteiger partial charge in [0.05, 0.1) is 18.5 Å². The van der Waals surface area contributed by atoms with Crippen LogP contribution in [0.4, 0.5) is 15.8 Å². The van der Waals surface area contributed by atoms with Gasteiger partial charge in [0, 0.05) is 12.1 Å². The highest BCUT2D eigenvalue weighted by Gasteiger charge is 2.10. The standard InChI is InChI=1S/C16H19FN2O/c1-10-4-5-12(8-14(10)17)11(2)19-16-9-13(20-3)6-7-15(16)18/h4-9,11,19H,18H2,1-3H3. The van der Waals surface area contributed by atoms with Crippen LogP contribution in [0, 0.1) is 12.7 Å². The summed E-state index contributed by atoms with van der Waals surface area (Å²) in [4.78, 5) is 0. The van der Waals surface area contributed by atoms with Gasteiger partial charge in [-0.05, 0) is 43.2 Å². The van der Waals surface area contributed by atoms with Crippen LogP contribution in [0.15, 0.2) is 36.4 Å². The molecular formula is C16H19FN2O. The van der Waals surface area contributed by atoms with Gasteiger partial charge in [-0.15, -0.1) is 0 Å². The Hall–Kier alpha value is -2.23. The Labute approximate surface area is 118 Å². The molecule has 1 atom stereocenters. The number of methoxy groups -OCH3 is 1. The van der Waals surface area contributed by atoms with Crippen molar-refractivity contribution >= 4 is 11.4 Å². The highest BCUT2D eigenvalue weighted by Crippen LogP contribution is 2.28. The second-order valence-electron chi connectivity index (χ2n) is 4.83. The van der Waals surface area contributed by atoms with E-state index in [-0.39, 0.29) is 11.9 Å². The smallest absolute Gasteiger partial charge is 0.126 e. The Morgan fingerprint density at radius 2 is 1.95 bits per heavy atom. The van der Waals surface area contributed by atoms with E-state index in [9.17, 15) is 4.39 Å². The number of ether oxygens (including phenoxy) is 1. The predicted molar refractivity (Wildman–Crippen MR) is 80.6 cm³/mol. The van der Waals surface area contributed by atoms with Crippen molar-refractivity contribution in [3.63, 3.8) is 0 Å². The minimum Gasteiger partial charge on any atom is -0.497 e. The highest BCUT2D eigenvalue weighted by molar-refractivity contribution is 5.68. The molecule has 4 heteroatoms. The summed E-state index contributed by atoms with van der Waals surface area (Å²) in [5.74, 6) is 0.527. The van der Waals surface area contributed by atoms with Crippen molar-refractivity contribution in [2.45, 2.75) is 19.9 Å². The van der Waals surface area contributed by atoms with Gasteiger partial charge < -0.3 is 15.8 Å². The lowest BCUT2D eigenvalue weighted by molar-refractivity contribution is 0.415. The van der Waals surface area contributed by atoms with Crippen LogP contribution in [0.3, 0.4) is 0 Å². The van der Waals surface area contributed by atoms with Gasteiger partial charge in [0.1, 0.15) is 11.6 Å². The molecule has 0 amide bonds. The molecule has 0 spiro atoms. The molecular weight excluding hydrogens is 255 g/mol. The summed E-state index contributed by atoms with van der Waals surface area (Å²) in [7, 11) is 1.61. The van der Waals surface area contributed by atoms with Gasteiger partial charge in [-0.3, -0.25) is 0 Å². The minimum absolute atomic E-state index is 0.0560. The van der Waals surface area contributed by atoms with Gasteiger partial charge in [0.25, 0.3) is 0 Å². The van der Waals surface area contributed by atoms with Gasteiger partial charge in [0.15, 0.2) is 0 Å². The lowest BCUT2D eigenvalue weighted by Gasteiger charge is -2.18. The van der Waals surface area contributed by atoms with Crippen LogP contribution in [0.2, 0.25) is 0 Å². The molecule has 0 heterocycles. The topological polar surface area (TPSA) is 47.3 Å². The van der Waals surface area contributed by atoms with E-state index in [1.54, 1.807) is 38.3 Å². The van der Waals surface area contributed by atoms with Gasteiger partial charge in [-0.25, -0.2) is 4.39 Å². The van der Waals surface area contributed by atoms with Crippen LogP contribution in [-0.2, 0) is 0 Å². The molecule has 3 N–H and O–H groups in total. The van der Waals surface area contributed by atoms with Crippen LogP contribution in [0.25, 0.3) is 0 Å². The lowest BCUT2D eigenvalue weighted by atomic mass is 10.1. The van der Waals surface area contributed by atoms with Crippen LogP contribution >= 0.6 is 0 Å². The van der Waals surface area contributed by atoms with Crippen LogP contribution in [-0.4, -0.2) is 7.11 Å². The quantitative estimate of drug-likeness (QED) is 0.831. The Bertz CT molecular complexity index is 613. The van der Waals surface area contributed by atoms with E-state index in [0.717, 1.165) is 17.0 Å². The molecule has 0 saturated carbocycles. The fourth-order valence-corrected chi connectivity index (χ4v) is 1.98. The van der Waals surface area contributed by atoms with E-state index < -0.39 is 0 Å². The van der Waals surface area contributed by atoms with Crippen LogP contribution in [0.5, 0.6) is 5.75 Å². The number of halogens is 1. The van der Waals surface area contributed by atoms with Gasteiger partial charge in [-0.1, -0.05) is 12.1 Å². The van der Waals surface area contributed by atoms with Crippen molar-refractivity contribution in [1.29, 1.82) is 0 Å². The first-order chi connectivity index (χ1) is 9.51. The maximum atomic E-state index is 13.6. The average molecular weight is 274 g/mol. The first kappa shape index (κ1) is 14.2. The third kappa shape index (κ3) is 3.02. The van der Waals surface area contributed by atoms with E-state index >= 15 is 0 Å². The molecule has 0 aromatic heterocycles. The number of aryl methyl sites for hydroxylation is 1. The molecule has 1 unspecified atom stereocenters. The zero-order chi connectivity index (χ0) is 14.7. The Balaban J connectivity index is 2.22. The number of benzene rings is 2.